The highest BCUT2D eigenvalue weighted by Gasteiger charge is 2.28. The maximum Gasteiger partial charge on any atom is 0.339 e. The molecule has 6 heteroatoms. The zero-order valence-corrected chi connectivity index (χ0v) is 19.3. The van der Waals surface area contributed by atoms with Gasteiger partial charge in [0.1, 0.15) is 0 Å². The Morgan fingerprint density at radius 1 is 0.800 bits per heavy atom. The number of esters is 1. The summed E-state index contributed by atoms with van der Waals surface area (Å²) in [6, 6.07) is 26.7. The SMILES string of the molecule is O=C(OCC(=O)N1CCC(C(=O)Nc2ccccc2)CC1)c1c2ccccc2cc2ccccc12. The maximum absolute atomic E-state index is 13.1. The molecule has 1 N–H and O–H groups in total. The Morgan fingerprint density at radius 3 is 2.00 bits per heavy atom. The van der Waals surface area contributed by atoms with Gasteiger partial charge in [-0.3, -0.25) is 9.59 Å². The highest BCUT2D eigenvalue weighted by atomic mass is 16.5. The fourth-order valence-corrected chi connectivity index (χ4v) is 4.68. The largest absolute Gasteiger partial charge is 0.452 e. The van der Waals surface area contributed by atoms with Crippen LogP contribution in [0.15, 0.2) is 84.9 Å². The molecule has 0 saturated carbocycles. The number of fused-ring (bicyclic) bond motifs is 2. The first kappa shape index (κ1) is 22.6. The van der Waals surface area contributed by atoms with Crippen molar-refractivity contribution in [3.8, 4) is 0 Å². The third kappa shape index (κ3) is 4.87. The van der Waals surface area contributed by atoms with Crippen molar-refractivity contribution in [3.63, 3.8) is 0 Å². The van der Waals surface area contributed by atoms with E-state index in [1.54, 1.807) is 4.90 Å². The number of benzene rings is 4. The summed E-state index contributed by atoms with van der Waals surface area (Å²) in [5.74, 6) is -0.935. The van der Waals surface area contributed by atoms with Crippen molar-refractivity contribution < 1.29 is 19.1 Å². The molecule has 0 atom stereocenters. The summed E-state index contributed by atoms with van der Waals surface area (Å²) in [5, 5.41) is 6.42. The molecule has 4 aromatic carbocycles. The van der Waals surface area contributed by atoms with E-state index >= 15 is 0 Å². The zero-order chi connectivity index (χ0) is 24.2. The summed E-state index contributed by atoms with van der Waals surface area (Å²) in [7, 11) is 0. The number of nitrogens with one attached hydrogen (secondary N) is 1. The minimum absolute atomic E-state index is 0.0300. The first-order valence-electron chi connectivity index (χ1n) is 11.8. The van der Waals surface area contributed by atoms with Gasteiger partial charge in [-0.05, 0) is 52.6 Å². The van der Waals surface area contributed by atoms with Crippen LogP contribution < -0.4 is 5.32 Å². The minimum Gasteiger partial charge on any atom is -0.452 e. The second-order valence-corrected chi connectivity index (χ2v) is 8.78. The standard InChI is InChI=1S/C29H26N2O4/c32-26(31-16-14-20(15-17-31)28(33)30-23-10-2-1-3-11-23)19-35-29(34)27-24-12-6-4-8-21(24)18-22-9-5-7-13-25(22)27/h1-13,18,20H,14-17,19H2,(H,30,33). The fraction of sp³-hybridized carbons (Fsp3) is 0.207. The molecular formula is C29H26N2O4. The van der Waals surface area contributed by atoms with Gasteiger partial charge >= 0.3 is 5.97 Å². The lowest BCUT2D eigenvalue weighted by molar-refractivity contribution is -0.137. The Balaban J connectivity index is 1.21. The van der Waals surface area contributed by atoms with Crippen LogP contribution in [0.25, 0.3) is 21.5 Å². The predicted molar refractivity (Wildman–Crippen MR) is 136 cm³/mol. The first-order valence-corrected chi connectivity index (χ1v) is 11.8. The van der Waals surface area contributed by atoms with Gasteiger partial charge in [-0.1, -0.05) is 66.7 Å². The number of anilines is 1. The van der Waals surface area contributed by atoms with Crippen molar-refractivity contribution >= 4 is 45.0 Å². The zero-order valence-electron chi connectivity index (χ0n) is 19.3. The van der Waals surface area contributed by atoms with Crippen molar-refractivity contribution in [1.29, 1.82) is 0 Å². The number of hydrogen-bond donors (Lipinski definition) is 1. The smallest absolute Gasteiger partial charge is 0.339 e. The van der Waals surface area contributed by atoms with Gasteiger partial charge in [0.05, 0.1) is 5.56 Å². The summed E-state index contributed by atoms with van der Waals surface area (Å²) in [6.45, 7) is 0.595. The van der Waals surface area contributed by atoms with Gasteiger partial charge in [0.25, 0.3) is 5.91 Å². The van der Waals surface area contributed by atoms with Gasteiger partial charge in [0.2, 0.25) is 5.91 Å². The Hall–Kier alpha value is -4.19. The van der Waals surface area contributed by atoms with Crippen LogP contribution in [-0.4, -0.2) is 42.4 Å². The average Bonchev–Trinajstić information content (AvgIpc) is 2.90. The Bertz CT molecular complexity index is 1340. The molecule has 1 fully saturated rings. The number of likely N-dealkylation sites (tertiary alicyclic amines) is 1. The quantitative estimate of drug-likeness (QED) is 0.331. The van der Waals surface area contributed by atoms with Crippen molar-refractivity contribution in [2.45, 2.75) is 12.8 Å². The molecule has 1 heterocycles. The van der Waals surface area contributed by atoms with Crippen LogP contribution in [0.1, 0.15) is 23.2 Å². The van der Waals surface area contributed by atoms with Crippen LogP contribution in [0, 0.1) is 5.92 Å². The number of piperidine rings is 1. The fourth-order valence-electron chi connectivity index (χ4n) is 4.68. The second kappa shape index (κ2) is 9.97. The van der Waals surface area contributed by atoms with Gasteiger partial charge < -0.3 is 15.0 Å². The molecule has 35 heavy (non-hydrogen) atoms. The number of ether oxygens (including phenoxy) is 1. The lowest BCUT2D eigenvalue weighted by atomic mass is 9.95. The van der Waals surface area contributed by atoms with Crippen molar-refractivity contribution in [2.75, 3.05) is 25.0 Å². The van der Waals surface area contributed by atoms with E-state index in [9.17, 15) is 14.4 Å². The summed E-state index contributed by atoms with van der Waals surface area (Å²) >= 11 is 0. The van der Waals surface area contributed by atoms with Crippen molar-refractivity contribution in [3.05, 3.63) is 90.5 Å². The van der Waals surface area contributed by atoms with E-state index < -0.39 is 5.97 Å². The molecule has 0 bridgehead atoms. The van der Waals surface area contributed by atoms with Crippen LogP contribution in [0.5, 0.6) is 0 Å². The minimum atomic E-state index is -0.511. The summed E-state index contributed by atoms with van der Waals surface area (Å²) in [4.78, 5) is 40.1. The summed E-state index contributed by atoms with van der Waals surface area (Å²) in [5.41, 5.74) is 1.24. The number of amides is 2. The maximum atomic E-state index is 13.1. The van der Waals surface area contributed by atoms with Crippen LogP contribution in [0.2, 0.25) is 0 Å². The number of carbonyl (C=O) groups excluding carboxylic acids is 3. The van der Waals surface area contributed by atoms with Gasteiger partial charge in [0, 0.05) is 24.7 Å². The number of carbonyl (C=O) groups is 3. The molecule has 4 aromatic rings. The predicted octanol–water partition coefficient (Wildman–Crippen LogP) is 5.03. The number of para-hydroxylation sites is 1. The summed E-state index contributed by atoms with van der Waals surface area (Å²) < 4.78 is 5.50. The number of rotatable bonds is 5. The third-order valence-electron chi connectivity index (χ3n) is 6.56. The van der Waals surface area contributed by atoms with E-state index in [0.717, 1.165) is 27.2 Å². The van der Waals surface area contributed by atoms with E-state index in [4.69, 9.17) is 4.74 Å². The number of hydrogen-bond acceptors (Lipinski definition) is 4. The average molecular weight is 467 g/mol. The highest BCUT2D eigenvalue weighted by molar-refractivity contribution is 6.16. The lowest BCUT2D eigenvalue weighted by Crippen LogP contribution is -2.43. The van der Waals surface area contributed by atoms with Crippen LogP contribution in [0.3, 0.4) is 0 Å². The van der Waals surface area contributed by atoms with Gasteiger partial charge in [-0.15, -0.1) is 0 Å². The third-order valence-corrected chi connectivity index (χ3v) is 6.56. The van der Waals surface area contributed by atoms with Crippen molar-refractivity contribution in [2.24, 2.45) is 5.92 Å². The molecule has 0 aliphatic carbocycles. The molecule has 5 rings (SSSR count). The molecule has 176 valence electrons. The van der Waals surface area contributed by atoms with E-state index in [-0.39, 0.29) is 24.3 Å². The highest BCUT2D eigenvalue weighted by Crippen LogP contribution is 2.29. The normalized spacial score (nSPS) is 14.1. The molecule has 1 aliphatic heterocycles. The van der Waals surface area contributed by atoms with E-state index in [1.165, 1.54) is 0 Å². The van der Waals surface area contributed by atoms with E-state index in [0.29, 0.717) is 31.5 Å². The van der Waals surface area contributed by atoms with Gasteiger partial charge in [0.15, 0.2) is 6.61 Å². The van der Waals surface area contributed by atoms with Crippen LogP contribution >= 0.6 is 0 Å². The monoisotopic (exact) mass is 466 g/mol. The van der Waals surface area contributed by atoms with Gasteiger partial charge in [-0.2, -0.15) is 0 Å². The first-order chi connectivity index (χ1) is 17.1. The molecule has 0 aromatic heterocycles. The van der Waals surface area contributed by atoms with E-state index in [2.05, 4.69) is 5.32 Å². The van der Waals surface area contributed by atoms with Crippen LogP contribution in [0.4, 0.5) is 5.69 Å². The van der Waals surface area contributed by atoms with Crippen molar-refractivity contribution in [1.82, 2.24) is 4.90 Å². The molecule has 6 nitrogen and oxygen atoms in total. The topological polar surface area (TPSA) is 75.7 Å². The van der Waals surface area contributed by atoms with Gasteiger partial charge in [-0.25, -0.2) is 4.79 Å². The molecule has 1 aliphatic rings. The molecule has 0 spiro atoms. The second-order valence-electron chi connectivity index (χ2n) is 8.78. The lowest BCUT2D eigenvalue weighted by Gasteiger charge is -2.31. The Kier molecular flexibility index (Phi) is 6.44. The molecule has 2 amide bonds. The molecule has 0 radical (unpaired) electrons. The van der Waals surface area contributed by atoms with Crippen LogP contribution in [-0.2, 0) is 14.3 Å². The Labute approximate surface area is 203 Å². The molecular weight excluding hydrogens is 440 g/mol. The molecule has 1 saturated heterocycles. The Morgan fingerprint density at radius 2 is 1.37 bits per heavy atom. The summed E-state index contributed by atoms with van der Waals surface area (Å²) in [6.07, 6.45) is 1.15. The van der Waals surface area contributed by atoms with E-state index in [1.807, 2.05) is 84.9 Å². The number of nitrogens with zero attached hydrogens (tertiary/aromatic N) is 1. The molecule has 0 unspecified atom stereocenters.